The first kappa shape index (κ1) is 16.8. The van der Waals surface area contributed by atoms with Gasteiger partial charge in [-0.2, -0.15) is 0 Å². The third-order valence-corrected chi connectivity index (χ3v) is 4.87. The summed E-state index contributed by atoms with van der Waals surface area (Å²) in [6.45, 7) is -0.533. The molecule has 0 aromatic heterocycles. The third kappa shape index (κ3) is 3.78. The van der Waals surface area contributed by atoms with Crippen molar-refractivity contribution in [1.82, 2.24) is 0 Å². The van der Waals surface area contributed by atoms with E-state index in [2.05, 4.69) is 4.74 Å². The van der Waals surface area contributed by atoms with Gasteiger partial charge in [0.2, 0.25) is 0 Å². The van der Waals surface area contributed by atoms with Gasteiger partial charge in [0.25, 0.3) is 10.0 Å². The number of ether oxygens (including phenoxy) is 1. The minimum atomic E-state index is -4.03. The number of sulfonamides is 1. The van der Waals surface area contributed by atoms with Crippen molar-refractivity contribution in [1.29, 1.82) is 0 Å². The van der Waals surface area contributed by atoms with Gasteiger partial charge < -0.3 is 10.5 Å². The van der Waals surface area contributed by atoms with Crippen molar-refractivity contribution in [3.8, 4) is 0 Å². The van der Waals surface area contributed by atoms with Crippen molar-refractivity contribution >= 4 is 27.4 Å². The molecular weight excluding hydrogens is 323 g/mol. The fourth-order valence-corrected chi connectivity index (χ4v) is 3.28. The molecule has 0 radical (unpaired) electrons. The molecule has 0 aliphatic rings. The maximum atomic E-state index is 13.1. The molecule has 0 fully saturated rings. The Kier molecular flexibility index (Phi) is 4.85. The number of carbonyl (C=O) groups is 1. The molecule has 2 rings (SSSR count). The highest BCUT2D eigenvalue weighted by Gasteiger charge is 2.27. The van der Waals surface area contributed by atoms with Gasteiger partial charge in [-0.25, -0.2) is 12.8 Å². The lowest BCUT2D eigenvalue weighted by molar-refractivity contribution is -0.138. The van der Waals surface area contributed by atoms with E-state index in [1.54, 1.807) is 0 Å². The number of carbonyl (C=O) groups excluding carboxylic acids is 1. The Morgan fingerprint density at radius 1 is 1.13 bits per heavy atom. The lowest BCUT2D eigenvalue weighted by Gasteiger charge is -2.23. The number of nitrogens with zero attached hydrogens (tertiary/aromatic N) is 1. The van der Waals surface area contributed by atoms with E-state index in [0.29, 0.717) is 5.69 Å². The molecular formula is C15H15FN2O4S. The molecule has 2 N–H and O–H groups in total. The summed E-state index contributed by atoms with van der Waals surface area (Å²) in [4.78, 5) is 11.5. The van der Waals surface area contributed by atoms with Crippen LogP contribution in [-0.2, 0) is 19.6 Å². The average Bonchev–Trinajstić information content (AvgIpc) is 2.53. The van der Waals surface area contributed by atoms with E-state index in [4.69, 9.17) is 5.73 Å². The van der Waals surface area contributed by atoms with E-state index >= 15 is 0 Å². The number of hydrogen-bond donors (Lipinski definition) is 1. The second-order valence-corrected chi connectivity index (χ2v) is 6.50. The van der Waals surface area contributed by atoms with Gasteiger partial charge in [-0.15, -0.1) is 0 Å². The molecule has 2 aromatic carbocycles. The van der Waals surface area contributed by atoms with Crippen molar-refractivity contribution in [3.63, 3.8) is 0 Å². The zero-order valence-corrected chi connectivity index (χ0v) is 13.1. The molecule has 2 aromatic rings. The Morgan fingerprint density at radius 2 is 1.70 bits per heavy atom. The first-order chi connectivity index (χ1) is 10.8. The first-order valence-electron chi connectivity index (χ1n) is 6.55. The normalized spacial score (nSPS) is 11.0. The number of rotatable bonds is 5. The highest BCUT2D eigenvalue weighted by atomic mass is 32.2. The third-order valence-electron chi connectivity index (χ3n) is 3.08. The molecule has 0 atom stereocenters. The average molecular weight is 338 g/mol. The molecule has 122 valence electrons. The van der Waals surface area contributed by atoms with E-state index in [1.165, 1.54) is 36.4 Å². The van der Waals surface area contributed by atoms with Crippen LogP contribution in [0.15, 0.2) is 53.4 Å². The lowest BCUT2D eigenvalue weighted by Crippen LogP contribution is -2.36. The highest BCUT2D eigenvalue weighted by Crippen LogP contribution is 2.24. The van der Waals surface area contributed by atoms with Crippen LogP contribution in [0, 0.1) is 5.82 Å². The Hall–Kier alpha value is -2.61. The summed E-state index contributed by atoms with van der Waals surface area (Å²) in [7, 11) is -2.88. The minimum absolute atomic E-state index is 0.0417. The molecule has 23 heavy (non-hydrogen) atoms. The summed E-state index contributed by atoms with van der Waals surface area (Å²) in [5.41, 5.74) is 6.11. The SMILES string of the molecule is COC(=O)CN(c1ccc(F)cc1)S(=O)(=O)c1ccc(N)cc1. The standard InChI is InChI=1S/C15H15FN2O4S/c1-22-15(19)10-18(13-6-2-11(16)3-7-13)23(20,21)14-8-4-12(17)5-9-14/h2-9H,10,17H2,1H3. The lowest BCUT2D eigenvalue weighted by atomic mass is 10.3. The van der Waals surface area contributed by atoms with E-state index in [9.17, 15) is 17.6 Å². The molecule has 6 nitrogen and oxygen atoms in total. The summed E-state index contributed by atoms with van der Waals surface area (Å²) < 4.78 is 44.0. The molecule has 0 bridgehead atoms. The van der Waals surface area contributed by atoms with Gasteiger partial charge in [0.1, 0.15) is 12.4 Å². The smallest absolute Gasteiger partial charge is 0.326 e. The van der Waals surface area contributed by atoms with Crippen molar-refractivity contribution < 1.29 is 22.3 Å². The van der Waals surface area contributed by atoms with Gasteiger partial charge in [-0.3, -0.25) is 9.10 Å². The Bertz CT molecular complexity index is 789. The maximum Gasteiger partial charge on any atom is 0.326 e. The van der Waals surface area contributed by atoms with Gasteiger partial charge in [0.05, 0.1) is 17.7 Å². The molecule has 0 heterocycles. The van der Waals surface area contributed by atoms with Crippen molar-refractivity contribution in [2.24, 2.45) is 0 Å². The Labute approximate surface area is 133 Å². The Morgan fingerprint density at radius 3 is 2.22 bits per heavy atom. The highest BCUT2D eigenvalue weighted by molar-refractivity contribution is 7.92. The maximum absolute atomic E-state index is 13.1. The van der Waals surface area contributed by atoms with Gasteiger partial charge in [-0.05, 0) is 48.5 Å². The first-order valence-corrected chi connectivity index (χ1v) is 7.99. The summed E-state index contributed by atoms with van der Waals surface area (Å²) in [6, 6.07) is 10.3. The number of methoxy groups -OCH3 is 1. The summed E-state index contributed by atoms with van der Waals surface area (Å²) >= 11 is 0. The van der Waals surface area contributed by atoms with E-state index < -0.39 is 28.4 Å². The minimum Gasteiger partial charge on any atom is -0.468 e. The number of hydrogen-bond acceptors (Lipinski definition) is 5. The van der Waals surface area contributed by atoms with Crippen LogP contribution in [0.3, 0.4) is 0 Å². The predicted octanol–water partition coefficient (Wildman–Crippen LogP) is 1.78. The van der Waals surface area contributed by atoms with Crippen LogP contribution in [0.2, 0.25) is 0 Å². The van der Waals surface area contributed by atoms with Crippen LogP contribution in [-0.4, -0.2) is 28.0 Å². The predicted molar refractivity (Wildman–Crippen MR) is 83.8 cm³/mol. The van der Waals surface area contributed by atoms with Crippen LogP contribution in [0.5, 0.6) is 0 Å². The number of halogens is 1. The zero-order valence-electron chi connectivity index (χ0n) is 12.3. The van der Waals surface area contributed by atoms with Crippen LogP contribution >= 0.6 is 0 Å². The van der Waals surface area contributed by atoms with E-state index in [1.807, 2.05) is 0 Å². The topological polar surface area (TPSA) is 89.7 Å². The van der Waals surface area contributed by atoms with Crippen LogP contribution < -0.4 is 10.0 Å². The quantitative estimate of drug-likeness (QED) is 0.663. The zero-order chi connectivity index (χ0) is 17.0. The molecule has 0 saturated heterocycles. The molecule has 0 spiro atoms. The summed E-state index contributed by atoms with van der Waals surface area (Å²) in [5.74, 6) is -1.26. The largest absolute Gasteiger partial charge is 0.468 e. The van der Waals surface area contributed by atoms with Gasteiger partial charge in [-0.1, -0.05) is 0 Å². The Balaban J connectivity index is 2.49. The van der Waals surface area contributed by atoms with Crippen molar-refractivity contribution in [2.75, 3.05) is 23.7 Å². The summed E-state index contributed by atoms with van der Waals surface area (Å²) in [5, 5.41) is 0. The summed E-state index contributed by atoms with van der Waals surface area (Å²) in [6.07, 6.45) is 0. The molecule has 0 unspecified atom stereocenters. The second-order valence-electron chi connectivity index (χ2n) is 4.63. The number of esters is 1. The number of nitrogen functional groups attached to an aromatic ring is 1. The molecule has 0 aliphatic carbocycles. The molecule has 0 aliphatic heterocycles. The van der Waals surface area contributed by atoms with Crippen LogP contribution in [0.1, 0.15) is 0 Å². The molecule has 0 saturated carbocycles. The fourth-order valence-electron chi connectivity index (χ4n) is 1.87. The molecule has 8 heteroatoms. The fraction of sp³-hybridized carbons (Fsp3) is 0.133. The molecule has 0 amide bonds. The van der Waals surface area contributed by atoms with Crippen LogP contribution in [0.25, 0.3) is 0 Å². The van der Waals surface area contributed by atoms with Crippen LogP contribution in [0.4, 0.5) is 15.8 Å². The monoisotopic (exact) mass is 338 g/mol. The van der Waals surface area contributed by atoms with Crippen molar-refractivity contribution in [2.45, 2.75) is 4.90 Å². The van der Waals surface area contributed by atoms with E-state index in [-0.39, 0.29) is 10.6 Å². The van der Waals surface area contributed by atoms with Crippen molar-refractivity contribution in [3.05, 3.63) is 54.3 Å². The van der Waals surface area contributed by atoms with Gasteiger partial charge >= 0.3 is 5.97 Å². The van der Waals surface area contributed by atoms with Gasteiger partial charge in [0.15, 0.2) is 0 Å². The number of anilines is 2. The number of benzene rings is 2. The number of nitrogens with two attached hydrogens (primary N) is 1. The van der Waals surface area contributed by atoms with E-state index in [0.717, 1.165) is 23.5 Å². The second kappa shape index (κ2) is 6.66. The van der Waals surface area contributed by atoms with Gasteiger partial charge in [0, 0.05) is 5.69 Å².